The fourth-order valence-corrected chi connectivity index (χ4v) is 3.27. The van der Waals surface area contributed by atoms with Gasteiger partial charge in [0.05, 0.1) is 5.52 Å². The molecule has 1 aliphatic rings. The predicted molar refractivity (Wildman–Crippen MR) is 112 cm³/mol. The van der Waals surface area contributed by atoms with E-state index in [2.05, 4.69) is 35.5 Å². The topological polar surface area (TPSA) is 41.9 Å². The number of fused-ring (bicyclic) bond motifs is 1. The summed E-state index contributed by atoms with van der Waals surface area (Å²) < 4.78 is 0. The molecule has 4 nitrogen and oxygen atoms in total. The van der Waals surface area contributed by atoms with Crippen molar-refractivity contribution in [3.63, 3.8) is 0 Å². The molecule has 0 bridgehead atoms. The van der Waals surface area contributed by atoms with Gasteiger partial charge in [-0.15, -0.1) is 0 Å². The van der Waals surface area contributed by atoms with Crippen molar-refractivity contribution in [2.24, 2.45) is 0 Å². The maximum atomic E-state index is 6.26. The number of pyridine rings is 1. The Morgan fingerprint density at radius 3 is 2.89 bits per heavy atom. The molecule has 0 amide bonds. The van der Waals surface area contributed by atoms with E-state index in [1.807, 2.05) is 36.6 Å². The summed E-state index contributed by atoms with van der Waals surface area (Å²) in [6.45, 7) is 6.91. The molecule has 1 aliphatic heterocycles. The molecule has 0 atom stereocenters. The summed E-state index contributed by atoms with van der Waals surface area (Å²) in [5.41, 5.74) is 3.95. The first-order valence-electron chi connectivity index (χ1n) is 8.79. The zero-order valence-corrected chi connectivity index (χ0v) is 15.8. The number of hydrogen-bond donors (Lipinski definition) is 0. The molecule has 4 rings (SSSR count). The fourth-order valence-electron chi connectivity index (χ4n) is 3.06. The lowest BCUT2D eigenvalue weighted by molar-refractivity contribution is 0.894. The number of anilines is 1. The number of hydrogen-bond acceptors (Lipinski definition) is 4. The average Bonchev–Trinajstić information content (AvgIpc) is 2.67. The molecule has 0 spiro atoms. The zero-order chi connectivity index (χ0) is 18.8. The van der Waals surface area contributed by atoms with E-state index in [4.69, 9.17) is 21.6 Å². The van der Waals surface area contributed by atoms with E-state index >= 15 is 0 Å². The molecular weight excluding hydrogens is 356 g/mol. The van der Waals surface area contributed by atoms with E-state index in [0.717, 1.165) is 40.8 Å². The molecule has 5 heteroatoms. The van der Waals surface area contributed by atoms with Crippen LogP contribution in [0, 0.1) is 6.92 Å². The van der Waals surface area contributed by atoms with Gasteiger partial charge in [-0.1, -0.05) is 35.4 Å². The van der Waals surface area contributed by atoms with Gasteiger partial charge in [0.25, 0.3) is 0 Å². The molecule has 0 aliphatic carbocycles. The van der Waals surface area contributed by atoms with Crippen LogP contribution in [0.15, 0.2) is 78.3 Å². The molecular formula is C22H19ClN4. The molecule has 3 aromatic rings. The van der Waals surface area contributed by atoms with Crippen LogP contribution in [-0.2, 0) is 0 Å². The highest BCUT2D eigenvalue weighted by molar-refractivity contribution is 6.31. The number of nitrogens with zero attached hydrogens (tertiary/aromatic N) is 4. The summed E-state index contributed by atoms with van der Waals surface area (Å²) in [5.74, 6) is 1.52. The molecule has 27 heavy (non-hydrogen) atoms. The second-order valence-corrected chi connectivity index (χ2v) is 7.02. The van der Waals surface area contributed by atoms with Crippen LogP contribution in [0.3, 0.4) is 0 Å². The van der Waals surface area contributed by atoms with E-state index in [1.165, 1.54) is 5.56 Å². The Kier molecular flexibility index (Phi) is 4.73. The summed E-state index contributed by atoms with van der Waals surface area (Å²) in [7, 11) is 0. The van der Waals surface area contributed by atoms with Crippen LogP contribution < -0.4 is 4.90 Å². The smallest absolute Gasteiger partial charge is 0.163 e. The molecule has 0 radical (unpaired) electrons. The number of aryl methyl sites for hydroxylation is 1. The molecule has 134 valence electrons. The molecule has 0 fully saturated rings. The van der Waals surface area contributed by atoms with E-state index in [0.29, 0.717) is 10.9 Å². The van der Waals surface area contributed by atoms with Gasteiger partial charge in [-0.2, -0.15) is 0 Å². The summed E-state index contributed by atoms with van der Waals surface area (Å²) in [6, 6.07) is 10.1. The zero-order valence-electron chi connectivity index (χ0n) is 15.1. The first kappa shape index (κ1) is 17.4. The minimum atomic E-state index is 0.658. The Bertz CT molecular complexity index is 1070. The summed E-state index contributed by atoms with van der Waals surface area (Å²) in [6.07, 6.45) is 10.1. The number of halogens is 1. The predicted octanol–water partition coefficient (Wildman–Crippen LogP) is 5.40. The third-order valence-corrected chi connectivity index (χ3v) is 4.69. The van der Waals surface area contributed by atoms with E-state index < -0.39 is 0 Å². The maximum Gasteiger partial charge on any atom is 0.163 e. The summed E-state index contributed by atoms with van der Waals surface area (Å²) in [5, 5.41) is 1.67. The molecule has 1 aromatic carbocycles. The standard InChI is InChI=1S/C22H19ClN4/c1-15-5-6-20-19(13-15)22(26-21(25-20)17-4-3-9-24-14-17)27-10-7-16(2)12-18(23)8-11-27/h3-6,8-9,11-14H,2,7,10H2,1H3/b11-8-,18-12+. The van der Waals surface area contributed by atoms with E-state index in [1.54, 1.807) is 12.4 Å². The first-order chi connectivity index (χ1) is 13.1. The highest BCUT2D eigenvalue weighted by atomic mass is 35.5. The third-order valence-electron chi connectivity index (χ3n) is 4.45. The van der Waals surface area contributed by atoms with Crippen molar-refractivity contribution >= 4 is 28.3 Å². The van der Waals surface area contributed by atoms with Crippen LogP contribution in [0.4, 0.5) is 5.82 Å². The SMILES string of the molecule is C=C1/C=C(Cl)\C=C/N(c2nc(-c3cccnc3)nc3ccc(C)cc23)CC1. The van der Waals surface area contributed by atoms with Crippen molar-refractivity contribution in [1.82, 2.24) is 15.0 Å². The highest BCUT2D eigenvalue weighted by Crippen LogP contribution is 2.30. The maximum absolute atomic E-state index is 6.26. The van der Waals surface area contributed by atoms with Gasteiger partial charge in [-0.3, -0.25) is 4.98 Å². The minimum absolute atomic E-state index is 0.658. The molecule has 3 heterocycles. The van der Waals surface area contributed by atoms with Gasteiger partial charge in [0.1, 0.15) is 5.82 Å². The van der Waals surface area contributed by atoms with Gasteiger partial charge in [-0.05, 0) is 49.8 Å². The van der Waals surface area contributed by atoms with Crippen LogP contribution in [0.1, 0.15) is 12.0 Å². The lowest BCUT2D eigenvalue weighted by atomic mass is 10.1. The van der Waals surface area contributed by atoms with E-state index in [-0.39, 0.29) is 0 Å². The van der Waals surface area contributed by atoms with Crippen molar-refractivity contribution in [2.75, 3.05) is 11.4 Å². The van der Waals surface area contributed by atoms with Gasteiger partial charge >= 0.3 is 0 Å². The normalized spacial score (nSPS) is 17.9. The van der Waals surface area contributed by atoms with Crippen molar-refractivity contribution in [3.05, 3.63) is 83.8 Å². The van der Waals surface area contributed by atoms with Gasteiger partial charge < -0.3 is 4.90 Å². The average molecular weight is 375 g/mol. The molecule has 0 unspecified atom stereocenters. The molecule has 0 saturated carbocycles. The Morgan fingerprint density at radius 2 is 2.07 bits per heavy atom. The lowest BCUT2D eigenvalue weighted by Crippen LogP contribution is -2.20. The summed E-state index contributed by atoms with van der Waals surface area (Å²) >= 11 is 6.26. The fraction of sp³-hybridized carbons (Fsp3) is 0.136. The van der Waals surface area contributed by atoms with Crippen molar-refractivity contribution in [2.45, 2.75) is 13.3 Å². The Labute approximate surface area is 163 Å². The van der Waals surface area contributed by atoms with Crippen LogP contribution in [0.25, 0.3) is 22.3 Å². The van der Waals surface area contributed by atoms with Gasteiger partial charge in [0.2, 0.25) is 0 Å². The second-order valence-electron chi connectivity index (χ2n) is 6.58. The van der Waals surface area contributed by atoms with Gasteiger partial charge in [-0.25, -0.2) is 9.97 Å². The van der Waals surface area contributed by atoms with Gasteiger partial charge in [0.15, 0.2) is 5.82 Å². The van der Waals surface area contributed by atoms with Crippen LogP contribution >= 0.6 is 11.6 Å². The summed E-state index contributed by atoms with van der Waals surface area (Å²) in [4.78, 5) is 16.0. The Balaban J connectivity index is 1.91. The lowest BCUT2D eigenvalue weighted by Gasteiger charge is -2.23. The van der Waals surface area contributed by atoms with E-state index in [9.17, 15) is 0 Å². The van der Waals surface area contributed by atoms with Gasteiger partial charge in [0, 0.05) is 41.1 Å². The monoisotopic (exact) mass is 374 g/mol. The van der Waals surface area contributed by atoms with Crippen LogP contribution in [0.2, 0.25) is 0 Å². The quantitative estimate of drug-likeness (QED) is 0.602. The number of aromatic nitrogens is 3. The van der Waals surface area contributed by atoms with Crippen LogP contribution in [0.5, 0.6) is 0 Å². The van der Waals surface area contributed by atoms with Crippen molar-refractivity contribution in [3.8, 4) is 11.4 Å². The molecule has 0 saturated heterocycles. The minimum Gasteiger partial charge on any atom is -0.332 e. The van der Waals surface area contributed by atoms with Crippen molar-refractivity contribution < 1.29 is 0 Å². The first-order valence-corrected chi connectivity index (χ1v) is 9.16. The molecule has 0 N–H and O–H groups in total. The number of rotatable bonds is 2. The highest BCUT2D eigenvalue weighted by Gasteiger charge is 2.15. The second kappa shape index (κ2) is 7.33. The van der Waals surface area contributed by atoms with Crippen molar-refractivity contribution in [1.29, 1.82) is 0 Å². The number of benzene rings is 1. The molecule has 2 aromatic heterocycles. The Hall–Kier alpha value is -2.98. The largest absolute Gasteiger partial charge is 0.332 e. The Morgan fingerprint density at radius 1 is 1.19 bits per heavy atom. The van der Waals surface area contributed by atoms with Crippen LogP contribution in [-0.4, -0.2) is 21.5 Å². The third kappa shape index (κ3) is 3.76. The number of allylic oxidation sites excluding steroid dienone is 3.